The normalized spacial score (nSPS) is 10.4. The third-order valence-electron chi connectivity index (χ3n) is 2.63. The number of rotatable bonds is 4. The molecule has 2 rings (SSSR count). The second-order valence-corrected chi connectivity index (χ2v) is 5.60. The van der Waals surface area contributed by atoms with Crippen molar-refractivity contribution in [1.29, 1.82) is 0 Å². The molecule has 2 aromatic rings. The van der Waals surface area contributed by atoms with Crippen LogP contribution in [0.5, 0.6) is 0 Å². The van der Waals surface area contributed by atoms with Gasteiger partial charge in [-0.15, -0.1) is 11.3 Å². The second kappa shape index (κ2) is 6.19. The molecule has 0 radical (unpaired) electrons. The summed E-state index contributed by atoms with van der Waals surface area (Å²) in [5, 5.41) is 11.7. The first-order chi connectivity index (χ1) is 9.90. The van der Waals surface area contributed by atoms with E-state index in [2.05, 4.69) is 10.3 Å². The Hall–Kier alpha value is -1.99. The number of hydrogen-bond donors (Lipinski definition) is 2. The summed E-state index contributed by atoms with van der Waals surface area (Å²) in [6.45, 7) is 1.59. The van der Waals surface area contributed by atoms with Gasteiger partial charge in [0.25, 0.3) is 5.91 Å². The van der Waals surface area contributed by atoms with Crippen LogP contribution in [0.3, 0.4) is 0 Å². The number of nitrogens with zero attached hydrogens (tertiary/aromatic N) is 1. The summed E-state index contributed by atoms with van der Waals surface area (Å²) in [6.07, 6.45) is 0. The molecule has 0 atom stereocenters. The van der Waals surface area contributed by atoms with E-state index >= 15 is 0 Å². The predicted molar refractivity (Wildman–Crippen MR) is 76.4 cm³/mol. The van der Waals surface area contributed by atoms with Crippen LogP contribution in [-0.2, 0) is 6.54 Å². The molecule has 0 fully saturated rings. The van der Waals surface area contributed by atoms with Crippen LogP contribution in [0.15, 0.2) is 18.2 Å². The number of carboxylic acid groups (broad SMARTS) is 1. The van der Waals surface area contributed by atoms with Crippen molar-refractivity contribution >= 4 is 34.8 Å². The zero-order valence-corrected chi connectivity index (χ0v) is 12.4. The molecule has 8 heteroatoms. The Morgan fingerprint density at radius 2 is 2.19 bits per heavy atom. The molecule has 1 aromatic heterocycles. The van der Waals surface area contributed by atoms with E-state index in [9.17, 15) is 14.0 Å². The molecule has 0 unspecified atom stereocenters. The summed E-state index contributed by atoms with van der Waals surface area (Å²) < 4.78 is 13.7. The number of carbonyl (C=O) groups is 2. The fraction of sp³-hybridized carbons (Fsp3) is 0.154. The molecule has 1 aromatic carbocycles. The van der Waals surface area contributed by atoms with Crippen LogP contribution in [0.25, 0.3) is 0 Å². The average Bonchev–Trinajstić information content (AvgIpc) is 2.80. The van der Waals surface area contributed by atoms with E-state index in [0.29, 0.717) is 10.7 Å². The van der Waals surface area contributed by atoms with E-state index in [1.807, 2.05) is 0 Å². The minimum Gasteiger partial charge on any atom is -0.477 e. The van der Waals surface area contributed by atoms with Gasteiger partial charge in [0.1, 0.15) is 9.88 Å². The number of aromatic carboxylic acids is 1. The largest absolute Gasteiger partial charge is 0.477 e. The molecule has 0 aliphatic rings. The minimum atomic E-state index is -1.07. The van der Waals surface area contributed by atoms with Crippen molar-refractivity contribution in [1.82, 2.24) is 10.3 Å². The number of benzene rings is 1. The molecule has 0 aliphatic carbocycles. The number of amides is 1. The van der Waals surface area contributed by atoms with Gasteiger partial charge < -0.3 is 10.4 Å². The molecule has 1 heterocycles. The first-order valence-electron chi connectivity index (χ1n) is 5.82. The van der Waals surface area contributed by atoms with E-state index < -0.39 is 17.7 Å². The summed E-state index contributed by atoms with van der Waals surface area (Å²) in [4.78, 5) is 26.9. The van der Waals surface area contributed by atoms with Crippen molar-refractivity contribution in [2.45, 2.75) is 13.5 Å². The maximum absolute atomic E-state index is 13.7. The molecule has 1 amide bonds. The van der Waals surface area contributed by atoms with E-state index in [1.165, 1.54) is 18.2 Å². The van der Waals surface area contributed by atoms with Crippen molar-refractivity contribution < 1.29 is 19.1 Å². The minimum absolute atomic E-state index is 0.0174. The van der Waals surface area contributed by atoms with Gasteiger partial charge in [0.05, 0.1) is 22.8 Å². The molecule has 110 valence electrons. The average molecular weight is 329 g/mol. The van der Waals surface area contributed by atoms with Gasteiger partial charge in [-0.2, -0.15) is 0 Å². The highest BCUT2D eigenvalue weighted by atomic mass is 35.5. The van der Waals surface area contributed by atoms with Gasteiger partial charge in [-0.05, 0) is 19.1 Å². The molecule has 0 aliphatic heterocycles. The van der Waals surface area contributed by atoms with Crippen LogP contribution < -0.4 is 5.32 Å². The Kier molecular flexibility index (Phi) is 4.54. The quantitative estimate of drug-likeness (QED) is 0.904. The summed E-state index contributed by atoms with van der Waals surface area (Å²) in [5.41, 5.74) is 0.208. The van der Waals surface area contributed by atoms with E-state index in [0.717, 1.165) is 11.3 Å². The zero-order valence-electron chi connectivity index (χ0n) is 10.8. The van der Waals surface area contributed by atoms with Crippen molar-refractivity contribution in [2.75, 3.05) is 0 Å². The van der Waals surface area contributed by atoms with Gasteiger partial charge in [0.15, 0.2) is 5.82 Å². The Labute approximate surface area is 128 Å². The Balaban J connectivity index is 2.09. The van der Waals surface area contributed by atoms with E-state index in [4.69, 9.17) is 16.7 Å². The van der Waals surface area contributed by atoms with Crippen molar-refractivity contribution in [3.8, 4) is 0 Å². The van der Waals surface area contributed by atoms with E-state index in [1.54, 1.807) is 6.92 Å². The van der Waals surface area contributed by atoms with Crippen LogP contribution in [0.2, 0.25) is 5.02 Å². The van der Waals surface area contributed by atoms with Crippen molar-refractivity contribution in [2.24, 2.45) is 0 Å². The van der Waals surface area contributed by atoms with Gasteiger partial charge in [-0.1, -0.05) is 17.7 Å². The van der Waals surface area contributed by atoms with Crippen molar-refractivity contribution in [3.63, 3.8) is 0 Å². The first-order valence-corrected chi connectivity index (χ1v) is 7.01. The molecule has 2 N–H and O–H groups in total. The summed E-state index contributed by atoms with van der Waals surface area (Å²) in [6, 6.07) is 4.12. The predicted octanol–water partition coefficient (Wildman–Crippen LogP) is 2.87. The van der Waals surface area contributed by atoms with Crippen LogP contribution in [0, 0.1) is 12.7 Å². The van der Waals surface area contributed by atoms with Gasteiger partial charge in [-0.25, -0.2) is 14.2 Å². The first kappa shape index (κ1) is 15.4. The molecular weight excluding hydrogens is 319 g/mol. The Bertz CT molecular complexity index is 717. The van der Waals surface area contributed by atoms with Gasteiger partial charge in [0, 0.05) is 0 Å². The molecule has 21 heavy (non-hydrogen) atoms. The number of hydrogen-bond acceptors (Lipinski definition) is 4. The highest BCUT2D eigenvalue weighted by Gasteiger charge is 2.16. The maximum atomic E-state index is 13.7. The lowest BCUT2D eigenvalue weighted by molar-refractivity contribution is 0.0701. The SMILES string of the molecule is Cc1nc(CNC(=O)c2cccc(Cl)c2F)sc1C(=O)O. The number of halogens is 2. The molecule has 0 saturated heterocycles. The number of aryl methyl sites for hydroxylation is 1. The molecule has 5 nitrogen and oxygen atoms in total. The third kappa shape index (κ3) is 3.37. The topological polar surface area (TPSA) is 79.3 Å². The standard InChI is InChI=1S/C13H10ClFN2O3S/c1-6-11(13(19)20)21-9(17-6)5-16-12(18)7-3-2-4-8(14)10(7)15/h2-4H,5H2,1H3,(H,16,18)(H,19,20). The van der Waals surface area contributed by atoms with Crippen LogP contribution in [0.4, 0.5) is 4.39 Å². The van der Waals surface area contributed by atoms with Crippen LogP contribution in [0.1, 0.15) is 30.7 Å². The van der Waals surface area contributed by atoms with E-state index in [-0.39, 0.29) is 22.0 Å². The van der Waals surface area contributed by atoms with Gasteiger partial charge in [0.2, 0.25) is 0 Å². The third-order valence-corrected chi connectivity index (χ3v) is 4.07. The Morgan fingerprint density at radius 3 is 2.81 bits per heavy atom. The van der Waals surface area contributed by atoms with Crippen LogP contribution >= 0.6 is 22.9 Å². The maximum Gasteiger partial charge on any atom is 0.347 e. The van der Waals surface area contributed by atoms with Crippen LogP contribution in [-0.4, -0.2) is 22.0 Å². The number of thiazole rings is 1. The summed E-state index contributed by atoms with van der Waals surface area (Å²) >= 11 is 6.57. The number of aromatic nitrogens is 1. The summed E-state index contributed by atoms with van der Waals surface area (Å²) in [5.74, 6) is -2.50. The Morgan fingerprint density at radius 1 is 1.48 bits per heavy atom. The number of carboxylic acids is 1. The number of nitrogens with one attached hydrogen (secondary N) is 1. The molecular formula is C13H10ClFN2O3S. The summed E-state index contributed by atoms with van der Waals surface area (Å²) in [7, 11) is 0. The zero-order chi connectivity index (χ0) is 15.6. The fourth-order valence-electron chi connectivity index (χ4n) is 1.66. The van der Waals surface area contributed by atoms with Crippen molar-refractivity contribution in [3.05, 3.63) is 50.2 Å². The fourth-order valence-corrected chi connectivity index (χ4v) is 2.67. The molecule has 0 spiro atoms. The lowest BCUT2D eigenvalue weighted by Gasteiger charge is -2.05. The lowest BCUT2D eigenvalue weighted by atomic mass is 10.2. The van der Waals surface area contributed by atoms with Gasteiger partial charge in [-0.3, -0.25) is 4.79 Å². The highest BCUT2D eigenvalue weighted by molar-refractivity contribution is 7.13. The second-order valence-electron chi connectivity index (χ2n) is 4.11. The highest BCUT2D eigenvalue weighted by Crippen LogP contribution is 2.19. The molecule has 0 saturated carbocycles. The lowest BCUT2D eigenvalue weighted by Crippen LogP contribution is -2.23. The van der Waals surface area contributed by atoms with Gasteiger partial charge >= 0.3 is 5.97 Å². The monoisotopic (exact) mass is 328 g/mol. The smallest absolute Gasteiger partial charge is 0.347 e. The molecule has 0 bridgehead atoms. The number of carbonyl (C=O) groups excluding carboxylic acids is 1.